The van der Waals surface area contributed by atoms with E-state index in [9.17, 15) is 0 Å². The van der Waals surface area contributed by atoms with E-state index in [1.807, 2.05) is 48.5 Å². The first-order chi connectivity index (χ1) is 9.31. The molecule has 2 aromatic rings. The Morgan fingerprint density at radius 1 is 0.895 bits per heavy atom. The topological polar surface area (TPSA) is 44.5 Å². The van der Waals surface area contributed by atoms with Gasteiger partial charge in [0.2, 0.25) is 0 Å². The van der Waals surface area contributed by atoms with Crippen LogP contribution >= 0.6 is 0 Å². The van der Waals surface area contributed by atoms with E-state index in [1.54, 1.807) is 7.11 Å². The van der Waals surface area contributed by atoms with Crippen LogP contribution < -0.4 is 10.5 Å². The quantitative estimate of drug-likeness (QED) is 0.865. The van der Waals surface area contributed by atoms with E-state index in [4.69, 9.17) is 15.2 Å². The number of rotatable bonds is 6. The van der Waals surface area contributed by atoms with E-state index in [0.29, 0.717) is 19.8 Å². The Balaban J connectivity index is 1.95. The van der Waals surface area contributed by atoms with Gasteiger partial charge in [-0.25, -0.2) is 0 Å². The van der Waals surface area contributed by atoms with Crippen LogP contribution in [0.4, 0.5) is 0 Å². The highest BCUT2D eigenvalue weighted by Crippen LogP contribution is 2.16. The molecule has 3 nitrogen and oxygen atoms in total. The van der Waals surface area contributed by atoms with Crippen LogP contribution in [0.3, 0.4) is 0 Å². The molecular weight excluding hydrogens is 238 g/mol. The van der Waals surface area contributed by atoms with Crippen molar-refractivity contribution in [1.82, 2.24) is 0 Å². The summed E-state index contributed by atoms with van der Waals surface area (Å²) in [6.45, 7) is 1.73. The number of hydrogen-bond acceptors (Lipinski definition) is 3. The Morgan fingerprint density at radius 2 is 1.63 bits per heavy atom. The zero-order valence-electron chi connectivity index (χ0n) is 11.1. The molecule has 0 aromatic heterocycles. The number of methoxy groups -OCH3 is 1. The Hall–Kier alpha value is -1.84. The van der Waals surface area contributed by atoms with Crippen molar-refractivity contribution >= 4 is 0 Å². The molecule has 0 aliphatic heterocycles. The third-order valence-corrected chi connectivity index (χ3v) is 2.87. The van der Waals surface area contributed by atoms with E-state index in [1.165, 1.54) is 0 Å². The lowest BCUT2D eigenvalue weighted by Crippen LogP contribution is -1.99. The third kappa shape index (κ3) is 4.09. The lowest BCUT2D eigenvalue weighted by atomic mass is 10.1. The second-order valence-corrected chi connectivity index (χ2v) is 4.39. The molecule has 3 heteroatoms. The summed E-state index contributed by atoms with van der Waals surface area (Å²) in [5.74, 6) is 0.859. The fraction of sp³-hybridized carbons (Fsp3) is 0.250. The number of benzene rings is 2. The van der Waals surface area contributed by atoms with Gasteiger partial charge >= 0.3 is 0 Å². The molecule has 0 heterocycles. The van der Waals surface area contributed by atoms with Crippen molar-refractivity contribution < 1.29 is 9.47 Å². The van der Waals surface area contributed by atoms with Gasteiger partial charge in [0, 0.05) is 13.7 Å². The predicted molar refractivity (Wildman–Crippen MR) is 75.8 cm³/mol. The molecule has 0 saturated carbocycles. The minimum Gasteiger partial charge on any atom is -0.489 e. The summed E-state index contributed by atoms with van der Waals surface area (Å²) in [4.78, 5) is 0. The maximum Gasteiger partial charge on any atom is 0.120 e. The number of hydrogen-bond donors (Lipinski definition) is 1. The van der Waals surface area contributed by atoms with E-state index in [2.05, 4.69) is 0 Å². The largest absolute Gasteiger partial charge is 0.489 e. The van der Waals surface area contributed by atoms with Crippen LogP contribution in [0.25, 0.3) is 0 Å². The molecule has 0 aliphatic rings. The van der Waals surface area contributed by atoms with Gasteiger partial charge in [0.15, 0.2) is 0 Å². The van der Waals surface area contributed by atoms with Crippen LogP contribution in [0.1, 0.15) is 16.7 Å². The van der Waals surface area contributed by atoms with Crippen LogP contribution in [-0.2, 0) is 24.5 Å². The molecule has 2 aromatic carbocycles. The van der Waals surface area contributed by atoms with Crippen LogP contribution in [0.5, 0.6) is 5.75 Å². The average molecular weight is 257 g/mol. The molecule has 0 radical (unpaired) electrons. The lowest BCUT2D eigenvalue weighted by Gasteiger charge is -2.08. The Kier molecular flexibility index (Phi) is 4.95. The molecule has 0 aliphatic carbocycles. The van der Waals surface area contributed by atoms with Crippen molar-refractivity contribution in [3.05, 3.63) is 65.2 Å². The van der Waals surface area contributed by atoms with Gasteiger partial charge in [-0.15, -0.1) is 0 Å². The number of nitrogens with two attached hydrogens (primary N) is 1. The first-order valence-corrected chi connectivity index (χ1v) is 6.30. The highest BCUT2D eigenvalue weighted by Gasteiger charge is 1.98. The Labute approximate surface area is 114 Å². The molecular formula is C16H19NO2. The van der Waals surface area contributed by atoms with Crippen molar-refractivity contribution in [3.8, 4) is 5.75 Å². The van der Waals surface area contributed by atoms with Crippen molar-refractivity contribution in [2.75, 3.05) is 7.11 Å². The summed E-state index contributed by atoms with van der Waals surface area (Å²) in [5.41, 5.74) is 8.94. The van der Waals surface area contributed by atoms with Gasteiger partial charge in [-0.1, -0.05) is 36.4 Å². The van der Waals surface area contributed by atoms with Crippen molar-refractivity contribution in [2.24, 2.45) is 5.73 Å². The van der Waals surface area contributed by atoms with E-state index >= 15 is 0 Å². The van der Waals surface area contributed by atoms with Gasteiger partial charge in [-0.2, -0.15) is 0 Å². The molecule has 0 spiro atoms. The van der Waals surface area contributed by atoms with Crippen LogP contribution in [-0.4, -0.2) is 7.11 Å². The van der Waals surface area contributed by atoms with E-state index in [0.717, 1.165) is 22.4 Å². The molecule has 2 rings (SSSR count). The maximum atomic E-state index is 5.77. The van der Waals surface area contributed by atoms with Gasteiger partial charge in [0.25, 0.3) is 0 Å². The molecule has 0 amide bonds. The fourth-order valence-corrected chi connectivity index (χ4v) is 1.83. The molecule has 0 unspecified atom stereocenters. The standard InChI is InChI=1S/C16H19NO2/c1-18-11-15-3-2-4-16(9-15)19-12-14-7-5-13(10-17)6-8-14/h2-9H,10-12,17H2,1H3. The van der Waals surface area contributed by atoms with Gasteiger partial charge in [0.1, 0.15) is 12.4 Å². The summed E-state index contributed by atoms with van der Waals surface area (Å²) < 4.78 is 10.9. The van der Waals surface area contributed by atoms with Crippen molar-refractivity contribution in [3.63, 3.8) is 0 Å². The molecule has 0 fully saturated rings. The fourth-order valence-electron chi connectivity index (χ4n) is 1.83. The Morgan fingerprint density at radius 3 is 2.32 bits per heavy atom. The molecule has 0 bridgehead atoms. The highest BCUT2D eigenvalue weighted by molar-refractivity contribution is 5.29. The smallest absolute Gasteiger partial charge is 0.120 e. The highest BCUT2D eigenvalue weighted by atomic mass is 16.5. The lowest BCUT2D eigenvalue weighted by molar-refractivity contribution is 0.184. The normalized spacial score (nSPS) is 10.4. The summed E-state index contributed by atoms with van der Waals surface area (Å²) in [5, 5.41) is 0. The first kappa shape index (κ1) is 13.6. The average Bonchev–Trinajstić information content (AvgIpc) is 2.46. The molecule has 0 saturated heterocycles. The summed E-state index contributed by atoms with van der Waals surface area (Å²) >= 11 is 0. The van der Waals surface area contributed by atoms with Crippen LogP contribution in [0, 0.1) is 0 Å². The summed E-state index contributed by atoms with van der Waals surface area (Å²) in [6, 6.07) is 16.1. The zero-order valence-corrected chi connectivity index (χ0v) is 11.1. The second-order valence-electron chi connectivity index (χ2n) is 4.39. The van der Waals surface area contributed by atoms with Crippen LogP contribution in [0.2, 0.25) is 0 Å². The van der Waals surface area contributed by atoms with Gasteiger partial charge in [-0.05, 0) is 28.8 Å². The minimum absolute atomic E-state index is 0.557. The zero-order chi connectivity index (χ0) is 13.5. The minimum atomic E-state index is 0.557. The molecule has 0 atom stereocenters. The molecule has 2 N–H and O–H groups in total. The van der Waals surface area contributed by atoms with Gasteiger partial charge < -0.3 is 15.2 Å². The van der Waals surface area contributed by atoms with Crippen molar-refractivity contribution in [2.45, 2.75) is 19.8 Å². The summed E-state index contributed by atoms with van der Waals surface area (Å²) in [6.07, 6.45) is 0. The summed E-state index contributed by atoms with van der Waals surface area (Å²) in [7, 11) is 1.69. The van der Waals surface area contributed by atoms with Gasteiger partial charge in [0.05, 0.1) is 6.61 Å². The number of ether oxygens (including phenoxy) is 2. The SMILES string of the molecule is COCc1cccc(OCc2ccc(CN)cc2)c1. The van der Waals surface area contributed by atoms with Gasteiger partial charge in [-0.3, -0.25) is 0 Å². The van der Waals surface area contributed by atoms with E-state index in [-0.39, 0.29) is 0 Å². The first-order valence-electron chi connectivity index (χ1n) is 6.30. The predicted octanol–water partition coefficient (Wildman–Crippen LogP) is 2.87. The third-order valence-electron chi connectivity index (χ3n) is 2.87. The van der Waals surface area contributed by atoms with Crippen LogP contribution in [0.15, 0.2) is 48.5 Å². The van der Waals surface area contributed by atoms with E-state index < -0.39 is 0 Å². The molecule has 100 valence electrons. The second kappa shape index (κ2) is 6.92. The monoisotopic (exact) mass is 257 g/mol. The maximum absolute atomic E-state index is 5.77. The Bertz CT molecular complexity index is 508. The van der Waals surface area contributed by atoms with Crippen molar-refractivity contribution in [1.29, 1.82) is 0 Å². The molecule has 19 heavy (non-hydrogen) atoms.